The Morgan fingerprint density at radius 1 is 1.38 bits per heavy atom. The number of rotatable bonds is 9. The Bertz CT molecular complexity index is 485. The van der Waals surface area contributed by atoms with Crippen LogP contribution in [0.25, 0.3) is 0 Å². The number of carbonyl (C=O) groups is 1. The van der Waals surface area contributed by atoms with Crippen LogP contribution in [0.1, 0.15) is 40.7 Å². The minimum Gasteiger partial charge on any atom is -0.392 e. The highest BCUT2D eigenvalue weighted by Gasteiger charge is 2.29. The quantitative estimate of drug-likeness (QED) is 0.540. The van der Waals surface area contributed by atoms with Gasteiger partial charge in [0, 0.05) is 5.56 Å². The van der Waals surface area contributed by atoms with E-state index in [0.29, 0.717) is 29.5 Å². The lowest BCUT2D eigenvalue weighted by Crippen LogP contribution is -2.28. The van der Waals surface area contributed by atoms with E-state index in [2.05, 4.69) is 11.5 Å². The standard InChI is InChI=1S/C17H25NO3/c1-4-8-17(21,9-5-10-18(2)3)16-7-6-14(12-19)11-15(16)13-20/h4,6-7,11-12,20-21H,1,5,8-10,13H2,2-3H3. The van der Waals surface area contributed by atoms with Crippen molar-refractivity contribution in [3.8, 4) is 0 Å². The molecule has 0 heterocycles. The lowest BCUT2D eigenvalue weighted by Gasteiger charge is -2.30. The molecule has 116 valence electrons. The molecule has 4 heteroatoms. The van der Waals surface area contributed by atoms with Crippen molar-refractivity contribution in [3.63, 3.8) is 0 Å². The van der Waals surface area contributed by atoms with E-state index in [1.54, 1.807) is 24.3 Å². The van der Waals surface area contributed by atoms with Crippen molar-refractivity contribution in [3.05, 3.63) is 47.5 Å². The molecule has 0 radical (unpaired) electrons. The molecule has 1 atom stereocenters. The van der Waals surface area contributed by atoms with Crippen molar-refractivity contribution in [2.45, 2.75) is 31.5 Å². The van der Waals surface area contributed by atoms with Crippen LogP contribution in [0.2, 0.25) is 0 Å². The molecule has 0 aliphatic rings. The number of aliphatic hydroxyl groups is 2. The van der Waals surface area contributed by atoms with Crippen LogP contribution >= 0.6 is 0 Å². The zero-order valence-electron chi connectivity index (χ0n) is 12.9. The lowest BCUT2D eigenvalue weighted by molar-refractivity contribution is 0.0248. The van der Waals surface area contributed by atoms with Gasteiger partial charge in [-0.1, -0.05) is 18.2 Å². The molecule has 0 saturated heterocycles. The van der Waals surface area contributed by atoms with Crippen molar-refractivity contribution in [1.82, 2.24) is 4.90 Å². The Hall–Kier alpha value is -1.49. The molecule has 1 aromatic rings. The molecule has 1 aromatic carbocycles. The van der Waals surface area contributed by atoms with Gasteiger partial charge in [-0.3, -0.25) is 4.79 Å². The second kappa shape index (κ2) is 8.08. The van der Waals surface area contributed by atoms with Gasteiger partial charge < -0.3 is 15.1 Å². The summed E-state index contributed by atoms with van der Waals surface area (Å²) in [6, 6.07) is 5.03. The predicted molar refractivity (Wildman–Crippen MR) is 84.3 cm³/mol. The molecule has 0 aliphatic heterocycles. The van der Waals surface area contributed by atoms with Crippen LogP contribution in [0.3, 0.4) is 0 Å². The Morgan fingerprint density at radius 2 is 2.10 bits per heavy atom. The highest BCUT2D eigenvalue weighted by molar-refractivity contribution is 5.75. The molecule has 0 fully saturated rings. The van der Waals surface area contributed by atoms with Gasteiger partial charge in [-0.15, -0.1) is 6.58 Å². The molecular weight excluding hydrogens is 266 g/mol. The Kier molecular flexibility index (Phi) is 6.75. The van der Waals surface area contributed by atoms with Crippen LogP contribution in [-0.2, 0) is 12.2 Å². The van der Waals surface area contributed by atoms with E-state index in [0.717, 1.165) is 19.3 Å². The van der Waals surface area contributed by atoms with Gasteiger partial charge in [-0.05, 0) is 57.1 Å². The smallest absolute Gasteiger partial charge is 0.150 e. The van der Waals surface area contributed by atoms with Gasteiger partial charge in [0.2, 0.25) is 0 Å². The maximum absolute atomic E-state index is 11.0. The molecule has 0 aliphatic carbocycles. The van der Waals surface area contributed by atoms with E-state index >= 15 is 0 Å². The Balaban J connectivity index is 3.08. The van der Waals surface area contributed by atoms with Gasteiger partial charge >= 0.3 is 0 Å². The van der Waals surface area contributed by atoms with E-state index < -0.39 is 5.60 Å². The highest BCUT2D eigenvalue weighted by atomic mass is 16.3. The largest absolute Gasteiger partial charge is 0.392 e. The average molecular weight is 291 g/mol. The van der Waals surface area contributed by atoms with Crippen molar-refractivity contribution in [2.75, 3.05) is 20.6 Å². The lowest BCUT2D eigenvalue weighted by atomic mass is 9.83. The molecule has 1 unspecified atom stereocenters. The second-order valence-corrected chi connectivity index (χ2v) is 5.62. The first-order valence-electron chi connectivity index (χ1n) is 7.14. The summed E-state index contributed by atoms with van der Waals surface area (Å²) in [5.41, 5.74) is 0.706. The minimum absolute atomic E-state index is 0.204. The normalized spacial score (nSPS) is 14.0. The number of aliphatic hydroxyl groups excluding tert-OH is 1. The third kappa shape index (κ3) is 4.77. The summed E-state index contributed by atoms with van der Waals surface area (Å²) in [4.78, 5) is 12.9. The average Bonchev–Trinajstić information content (AvgIpc) is 2.46. The van der Waals surface area contributed by atoms with Crippen molar-refractivity contribution >= 4 is 6.29 Å². The number of carbonyl (C=O) groups excluding carboxylic acids is 1. The van der Waals surface area contributed by atoms with Gasteiger partial charge in [0.1, 0.15) is 6.29 Å². The maximum atomic E-state index is 11.0. The molecule has 1 rings (SSSR count). The van der Waals surface area contributed by atoms with Crippen LogP contribution in [0.5, 0.6) is 0 Å². The zero-order chi connectivity index (χ0) is 15.9. The van der Waals surface area contributed by atoms with E-state index in [1.165, 1.54) is 0 Å². The van der Waals surface area contributed by atoms with Crippen molar-refractivity contribution in [1.29, 1.82) is 0 Å². The van der Waals surface area contributed by atoms with Gasteiger partial charge in [-0.2, -0.15) is 0 Å². The van der Waals surface area contributed by atoms with Gasteiger partial charge in [0.15, 0.2) is 0 Å². The highest BCUT2D eigenvalue weighted by Crippen LogP contribution is 2.33. The summed E-state index contributed by atoms with van der Waals surface area (Å²) in [5.74, 6) is 0. The first kappa shape index (κ1) is 17.6. The monoisotopic (exact) mass is 291 g/mol. The molecule has 0 aromatic heterocycles. The molecule has 0 spiro atoms. The molecule has 2 N–H and O–H groups in total. The molecule has 0 saturated carbocycles. The summed E-state index contributed by atoms with van der Waals surface area (Å²) in [6.45, 7) is 4.39. The van der Waals surface area contributed by atoms with E-state index in [1.807, 2.05) is 14.1 Å². The number of benzene rings is 1. The first-order chi connectivity index (χ1) is 9.96. The Labute approximate surface area is 126 Å². The zero-order valence-corrected chi connectivity index (χ0v) is 12.9. The summed E-state index contributed by atoms with van der Waals surface area (Å²) in [6.07, 6.45) is 4.24. The fourth-order valence-corrected chi connectivity index (χ4v) is 2.54. The molecular formula is C17H25NO3. The van der Waals surface area contributed by atoms with Crippen LogP contribution in [0.15, 0.2) is 30.9 Å². The molecule has 0 amide bonds. The SMILES string of the molecule is C=CCC(O)(CCCN(C)C)c1ccc(C=O)cc1CO. The Morgan fingerprint density at radius 3 is 2.62 bits per heavy atom. The fourth-order valence-electron chi connectivity index (χ4n) is 2.54. The van der Waals surface area contributed by atoms with Gasteiger partial charge in [0.05, 0.1) is 12.2 Å². The topological polar surface area (TPSA) is 60.8 Å². The van der Waals surface area contributed by atoms with Crippen LogP contribution in [0, 0.1) is 0 Å². The summed E-state index contributed by atoms with van der Waals surface area (Å²) >= 11 is 0. The van der Waals surface area contributed by atoms with Crippen LogP contribution in [-0.4, -0.2) is 42.0 Å². The van der Waals surface area contributed by atoms with E-state index in [9.17, 15) is 15.0 Å². The van der Waals surface area contributed by atoms with Crippen molar-refractivity contribution in [2.24, 2.45) is 0 Å². The van der Waals surface area contributed by atoms with E-state index in [-0.39, 0.29) is 6.61 Å². The third-order valence-corrected chi connectivity index (χ3v) is 3.61. The molecule has 0 bridgehead atoms. The van der Waals surface area contributed by atoms with Gasteiger partial charge in [0.25, 0.3) is 0 Å². The minimum atomic E-state index is -1.06. The third-order valence-electron chi connectivity index (χ3n) is 3.61. The molecule has 4 nitrogen and oxygen atoms in total. The number of nitrogens with zero attached hydrogens (tertiary/aromatic N) is 1. The summed E-state index contributed by atoms with van der Waals surface area (Å²) in [5, 5.41) is 20.5. The van der Waals surface area contributed by atoms with Crippen molar-refractivity contribution < 1.29 is 15.0 Å². The number of hydrogen-bond donors (Lipinski definition) is 2. The number of hydrogen-bond acceptors (Lipinski definition) is 4. The summed E-state index contributed by atoms with van der Waals surface area (Å²) in [7, 11) is 3.98. The van der Waals surface area contributed by atoms with Crippen LogP contribution in [0.4, 0.5) is 0 Å². The van der Waals surface area contributed by atoms with E-state index in [4.69, 9.17) is 0 Å². The summed E-state index contributed by atoms with van der Waals surface area (Å²) < 4.78 is 0. The number of aldehydes is 1. The predicted octanol–water partition coefficient (Wildman–Crippen LogP) is 2.10. The molecule has 21 heavy (non-hydrogen) atoms. The van der Waals surface area contributed by atoms with Gasteiger partial charge in [-0.25, -0.2) is 0 Å². The maximum Gasteiger partial charge on any atom is 0.150 e. The first-order valence-corrected chi connectivity index (χ1v) is 7.14. The fraction of sp³-hybridized carbons (Fsp3) is 0.471. The second-order valence-electron chi connectivity index (χ2n) is 5.62. The van der Waals surface area contributed by atoms with Crippen LogP contribution < -0.4 is 0 Å².